The molecule has 0 aromatic heterocycles. The Bertz CT molecular complexity index is 520. The lowest BCUT2D eigenvalue weighted by molar-refractivity contribution is -0.293. The molecule has 1 rings (SSSR count). The molecule has 122 valence electrons. The summed E-state index contributed by atoms with van der Waals surface area (Å²) in [4.78, 5) is 56.5. The maximum absolute atomic E-state index is 12.1. The highest BCUT2D eigenvalue weighted by Crippen LogP contribution is 2.36. The molecule has 0 saturated carbocycles. The van der Waals surface area contributed by atoms with E-state index in [2.05, 4.69) is 9.47 Å². The van der Waals surface area contributed by atoms with Crippen molar-refractivity contribution in [3.8, 4) is 0 Å². The SMILES string of the molecule is CC(=O)OC1(C(=O)O)CCC(OC(C)=O)(OC(C)=O)C(=O)O1. The molecule has 1 aliphatic rings. The predicted molar refractivity (Wildman–Crippen MR) is 63.7 cm³/mol. The Balaban J connectivity index is 3.13. The molecule has 1 aliphatic heterocycles. The van der Waals surface area contributed by atoms with E-state index >= 15 is 0 Å². The third-order valence-corrected chi connectivity index (χ3v) is 2.60. The molecule has 22 heavy (non-hydrogen) atoms. The summed E-state index contributed by atoms with van der Waals surface area (Å²) in [6, 6.07) is 0. The minimum absolute atomic E-state index is 0.551. The number of carbonyl (C=O) groups excluding carboxylic acids is 4. The molecule has 0 amide bonds. The number of esters is 4. The fraction of sp³-hybridized carbons (Fsp3) is 0.583. The van der Waals surface area contributed by atoms with Gasteiger partial charge in [-0.1, -0.05) is 0 Å². The van der Waals surface area contributed by atoms with Crippen molar-refractivity contribution >= 4 is 29.8 Å². The summed E-state index contributed by atoms with van der Waals surface area (Å²) in [6.07, 6.45) is -1.13. The fourth-order valence-corrected chi connectivity index (χ4v) is 1.88. The molecule has 0 spiro atoms. The number of carboxylic acid groups (broad SMARTS) is 1. The average Bonchev–Trinajstić information content (AvgIpc) is 2.31. The first-order valence-electron chi connectivity index (χ1n) is 6.08. The lowest BCUT2D eigenvalue weighted by atomic mass is 10.00. The lowest BCUT2D eigenvalue weighted by Gasteiger charge is -2.39. The van der Waals surface area contributed by atoms with E-state index in [1.54, 1.807) is 0 Å². The summed E-state index contributed by atoms with van der Waals surface area (Å²) in [5, 5.41) is 9.12. The largest absolute Gasteiger partial charge is 0.475 e. The Morgan fingerprint density at radius 3 is 1.73 bits per heavy atom. The molecule has 10 heteroatoms. The number of cyclic esters (lactones) is 1. The number of hydrogen-bond donors (Lipinski definition) is 1. The normalized spacial score (nSPS) is 23.0. The number of carbonyl (C=O) groups is 5. The highest BCUT2D eigenvalue weighted by molar-refractivity contribution is 5.89. The van der Waals surface area contributed by atoms with Gasteiger partial charge in [0.05, 0.1) is 0 Å². The van der Waals surface area contributed by atoms with Crippen LogP contribution in [0, 0.1) is 0 Å². The molecule has 1 N–H and O–H groups in total. The van der Waals surface area contributed by atoms with Crippen LogP contribution in [0.25, 0.3) is 0 Å². The zero-order valence-corrected chi connectivity index (χ0v) is 12.0. The summed E-state index contributed by atoms with van der Waals surface area (Å²) < 4.78 is 18.6. The third-order valence-electron chi connectivity index (χ3n) is 2.60. The van der Waals surface area contributed by atoms with E-state index in [0.29, 0.717) is 0 Å². The van der Waals surface area contributed by atoms with Gasteiger partial charge < -0.3 is 24.1 Å². The molecule has 0 aromatic rings. The Kier molecular flexibility index (Phi) is 4.74. The highest BCUT2D eigenvalue weighted by atomic mass is 16.8. The van der Waals surface area contributed by atoms with Gasteiger partial charge in [0.1, 0.15) is 0 Å². The molecule has 0 radical (unpaired) electrons. The van der Waals surface area contributed by atoms with Crippen LogP contribution >= 0.6 is 0 Å². The van der Waals surface area contributed by atoms with Crippen LogP contribution in [-0.4, -0.2) is 46.5 Å². The minimum atomic E-state index is -2.56. The number of carboxylic acids is 1. The van der Waals surface area contributed by atoms with E-state index in [9.17, 15) is 24.0 Å². The van der Waals surface area contributed by atoms with Crippen LogP contribution < -0.4 is 0 Å². The van der Waals surface area contributed by atoms with Gasteiger partial charge in [0, 0.05) is 33.6 Å². The maximum Gasteiger partial charge on any atom is 0.396 e. The van der Waals surface area contributed by atoms with Crippen LogP contribution in [0.15, 0.2) is 0 Å². The van der Waals surface area contributed by atoms with E-state index in [0.717, 1.165) is 20.8 Å². The van der Waals surface area contributed by atoms with Crippen molar-refractivity contribution < 1.29 is 48.0 Å². The van der Waals surface area contributed by atoms with Crippen molar-refractivity contribution in [3.63, 3.8) is 0 Å². The summed E-state index contributed by atoms with van der Waals surface area (Å²) in [5.74, 6) is -11.1. The van der Waals surface area contributed by atoms with Crippen LogP contribution in [0.1, 0.15) is 33.6 Å². The molecule has 0 aromatic carbocycles. The second-order valence-corrected chi connectivity index (χ2v) is 4.48. The standard InChI is InChI=1S/C12H14O10/c1-6(13)19-11(9(16)17)4-5-12(10(18)22-11,20-7(2)14)21-8(3)15/h4-5H2,1-3H3,(H,16,17). The van der Waals surface area contributed by atoms with E-state index in [1.807, 2.05) is 0 Å². The van der Waals surface area contributed by atoms with Crippen LogP contribution in [0.5, 0.6) is 0 Å². The molecule has 0 bridgehead atoms. The van der Waals surface area contributed by atoms with Crippen LogP contribution in [0.4, 0.5) is 0 Å². The molecule has 1 heterocycles. The number of ether oxygens (including phenoxy) is 4. The summed E-state index contributed by atoms with van der Waals surface area (Å²) >= 11 is 0. The molecule has 1 unspecified atom stereocenters. The van der Waals surface area contributed by atoms with E-state index in [-0.39, 0.29) is 0 Å². The first-order valence-corrected chi connectivity index (χ1v) is 6.08. The highest BCUT2D eigenvalue weighted by Gasteiger charge is 2.61. The van der Waals surface area contributed by atoms with Crippen molar-refractivity contribution in [1.82, 2.24) is 0 Å². The minimum Gasteiger partial charge on any atom is -0.475 e. The van der Waals surface area contributed by atoms with Gasteiger partial charge >= 0.3 is 41.4 Å². The first-order chi connectivity index (χ1) is 10.0. The van der Waals surface area contributed by atoms with E-state index in [4.69, 9.17) is 14.6 Å². The van der Waals surface area contributed by atoms with Gasteiger partial charge in [-0.2, -0.15) is 0 Å². The van der Waals surface area contributed by atoms with Gasteiger partial charge in [0.15, 0.2) is 0 Å². The summed E-state index contributed by atoms with van der Waals surface area (Å²) in [7, 11) is 0. The predicted octanol–water partition coefficient (Wildman–Crippen LogP) is -0.510. The number of aliphatic carboxylic acids is 1. The van der Waals surface area contributed by atoms with Crippen molar-refractivity contribution in [3.05, 3.63) is 0 Å². The quantitative estimate of drug-likeness (QED) is 0.531. The fourth-order valence-electron chi connectivity index (χ4n) is 1.88. The van der Waals surface area contributed by atoms with Crippen molar-refractivity contribution in [2.45, 2.75) is 45.2 Å². The smallest absolute Gasteiger partial charge is 0.396 e. The van der Waals surface area contributed by atoms with Gasteiger partial charge in [-0.05, 0) is 0 Å². The van der Waals surface area contributed by atoms with Gasteiger partial charge in [0.25, 0.3) is 0 Å². The maximum atomic E-state index is 12.1. The number of rotatable bonds is 4. The van der Waals surface area contributed by atoms with E-state index in [1.165, 1.54) is 0 Å². The average molecular weight is 318 g/mol. The Hall–Kier alpha value is -2.65. The van der Waals surface area contributed by atoms with Crippen molar-refractivity contribution in [1.29, 1.82) is 0 Å². The zero-order valence-electron chi connectivity index (χ0n) is 12.0. The molecule has 1 saturated heterocycles. The second-order valence-electron chi connectivity index (χ2n) is 4.48. The zero-order chi connectivity index (χ0) is 17.1. The Morgan fingerprint density at radius 2 is 1.41 bits per heavy atom. The Morgan fingerprint density at radius 1 is 0.955 bits per heavy atom. The first kappa shape index (κ1) is 17.4. The monoisotopic (exact) mass is 318 g/mol. The van der Waals surface area contributed by atoms with Gasteiger partial charge in [-0.25, -0.2) is 9.59 Å². The summed E-state index contributed by atoms with van der Waals surface area (Å²) in [5.41, 5.74) is 0. The Labute approximate surface area is 124 Å². The van der Waals surface area contributed by atoms with Gasteiger partial charge in [-0.15, -0.1) is 0 Å². The molecular weight excluding hydrogens is 304 g/mol. The van der Waals surface area contributed by atoms with Crippen LogP contribution in [0.3, 0.4) is 0 Å². The molecule has 0 aliphatic carbocycles. The van der Waals surface area contributed by atoms with Gasteiger partial charge in [-0.3, -0.25) is 14.4 Å². The van der Waals surface area contributed by atoms with Crippen LogP contribution in [-0.2, 0) is 42.9 Å². The van der Waals surface area contributed by atoms with Gasteiger partial charge in [0.2, 0.25) is 0 Å². The number of hydrogen-bond acceptors (Lipinski definition) is 9. The molecular formula is C12H14O10. The molecule has 10 nitrogen and oxygen atoms in total. The molecule has 1 atom stereocenters. The van der Waals surface area contributed by atoms with E-state index < -0.39 is 54.3 Å². The third kappa shape index (κ3) is 3.51. The summed E-state index contributed by atoms with van der Waals surface area (Å²) in [6.45, 7) is 2.85. The molecule has 1 fully saturated rings. The second kappa shape index (κ2) is 6.00. The van der Waals surface area contributed by atoms with Crippen LogP contribution in [0.2, 0.25) is 0 Å². The van der Waals surface area contributed by atoms with Crippen molar-refractivity contribution in [2.24, 2.45) is 0 Å². The van der Waals surface area contributed by atoms with Crippen molar-refractivity contribution in [2.75, 3.05) is 0 Å². The lowest BCUT2D eigenvalue weighted by Crippen LogP contribution is -2.60. The topological polar surface area (TPSA) is 142 Å².